The molecular formula is C9H13NO2S. The van der Waals surface area contributed by atoms with Crippen LogP contribution in [0.3, 0.4) is 0 Å². The molecule has 0 atom stereocenters. The Kier molecular flexibility index (Phi) is 8.46. The minimum atomic E-state index is 0.250. The Bertz CT molecular complexity index is 228. The lowest BCUT2D eigenvalue weighted by atomic mass is 10.4. The molecule has 1 heterocycles. The van der Waals surface area contributed by atoms with Gasteiger partial charge in [-0.2, -0.15) is 9.59 Å². The predicted octanol–water partition coefficient (Wildman–Crippen LogP) is 1.66. The summed E-state index contributed by atoms with van der Waals surface area (Å²) in [4.78, 5) is 17.7. The highest BCUT2D eigenvalue weighted by Crippen LogP contribution is 2.06. The Labute approximate surface area is 81.8 Å². The molecular weight excluding hydrogens is 186 g/mol. The molecule has 0 saturated heterocycles. The molecule has 0 spiro atoms. The van der Waals surface area contributed by atoms with Crippen LogP contribution in [0.15, 0.2) is 17.5 Å². The van der Waals surface area contributed by atoms with E-state index < -0.39 is 0 Å². The van der Waals surface area contributed by atoms with Gasteiger partial charge in [-0.25, -0.2) is 0 Å². The van der Waals surface area contributed by atoms with E-state index in [1.165, 1.54) is 11.3 Å². The minimum absolute atomic E-state index is 0.250. The number of rotatable bonds is 4. The highest BCUT2D eigenvalue weighted by atomic mass is 32.1. The van der Waals surface area contributed by atoms with E-state index in [2.05, 4.69) is 29.8 Å². The lowest BCUT2D eigenvalue weighted by Crippen LogP contribution is -2.12. The average Bonchev–Trinajstić information content (AvgIpc) is 2.59. The Balaban J connectivity index is 0.000000424. The maximum atomic E-state index is 8.12. The third kappa shape index (κ3) is 7.40. The molecule has 0 aliphatic carbocycles. The van der Waals surface area contributed by atoms with Crippen LogP contribution in [0.5, 0.6) is 0 Å². The van der Waals surface area contributed by atoms with E-state index in [0.29, 0.717) is 0 Å². The van der Waals surface area contributed by atoms with Crippen molar-refractivity contribution in [2.75, 3.05) is 6.54 Å². The van der Waals surface area contributed by atoms with Crippen molar-refractivity contribution in [1.82, 2.24) is 5.32 Å². The second kappa shape index (κ2) is 9.13. The van der Waals surface area contributed by atoms with Crippen LogP contribution in [0.25, 0.3) is 0 Å². The zero-order valence-electron chi connectivity index (χ0n) is 7.58. The van der Waals surface area contributed by atoms with Crippen LogP contribution in [0, 0.1) is 0 Å². The summed E-state index contributed by atoms with van der Waals surface area (Å²) in [5.41, 5.74) is 0. The molecule has 0 radical (unpaired) electrons. The highest BCUT2D eigenvalue weighted by Gasteiger charge is 1.89. The first-order valence-corrected chi connectivity index (χ1v) is 4.95. The number of hydrogen-bond acceptors (Lipinski definition) is 4. The zero-order valence-corrected chi connectivity index (χ0v) is 8.39. The summed E-state index contributed by atoms with van der Waals surface area (Å²) in [6.45, 7) is 4.34. The van der Waals surface area contributed by atoms with E-state index >= 15 is 0 Å². The summed E-state index contributed by atoms with van der Waals surface area (Å²) < 4.78 is 0. The van der Waals surface area contributed by atoms with Gasteiger partial charge in [-0.1, -0.05) is 13.0 Å². The fraction of sp³-hybridized carbons (Fsp3) is 0.444. The first-order valence-electron chi connectivity index (χ1n) is 4.07. The van der Waals surface area contributed by atoms with Gasteiger partial charge in [0.25, 0.3) is 0 Å². The average molecular weight is 199 g/mol. The Morgan fingerprint density at radius 3 is 2.69 bits per heavy atom. The molecule has 0 saturated carbocycles. The lowest BCUT2D eigenvalue weighted by molar-refractivity contribution is -0.191. The molecule has 0 aliphatic rings. The Morgan fingerprint density at radius 2 is 2.23 bits per heavy atom. The lowest BCUT2D eigenvalue weighted by Gasteiger charge is -1.97. The van der Waals surface area contributed by atoms with Crippen LogP contribution >= 0.6 is 11.3 Å². The Hall–Kier alpha value is -0.960. The molecule has 1 N–H and O–H groups in total. The third-order valence-electron chi connectivity index (χ3n) is 1.31. The molecule has 0 unspecified atom stereocenters. The predicted molar refractivity (Wildman–Crippen MR) is 51.3 cm³/mol. The van der Waals surface area contributed by atoms with Gasteiger partial charge in [-0.15, -0.1) is 11.3 Å². The van der Waals surface area contributed by atoms with Crippen molar-refractivity contribution in [1.29, 1.82) is 0 Å². The van der Waals surface area contributed by atoms with E-state index in [0.717, 1.165) is 13.1 Å². The van der Waals surface area contributed by atoms with Crippen LogP contribution in [-0.4, -0.2) is 12.7 Å². The summed E-state index contributed by atoms with van der Waals surface area (Å²) in [6.07, 6.45) is 1.46. The molecule has 13 heavy (non-hydrogen) atoms. The SMILES string of the molecule is CCCNCc1cccs1.O=C=O. The minimum Gasteiger partial charge on any atom is -0.312 e. The van der Waals surface area contributed by atoms with Crippen molar-refractivity contribution < 1.29 is 9.59 Å². The van der Waals surface area contributed by atoms with Crippen molar-refractivity contribution in [3.8, 4) is 0 Å². The third-order valence-corrected chi connectivity index (χ3v) is 2.18. The quantitative estimate of drug-likeness (QED) is 0.750. The van der Waals surface area contributed by atoms with E-state index in [-0.39, 0.29) is 6.15 Å². The molecule has 0 fully saturated rings. The van der Waals surface area contributed by atoms with Gasteiger partial charge in [0.15, 0.2) is 0 Å². The molecule has 0 aromatic carbocycles. The number of carbonyl (C=O) groups excluding carboxylic acids is 2. The van der Waals surface area contributed by atoms with Gasteiger partial charge < -0.3 is 5.32 Å². The number of hydrogen-bond donors (Lipinski definition) is 1. The molecule has 0 bridgehead atoms. The molecule has 3 nitrogen and oxygen atoms in total. The summed E-state index contributed by atoms with van der Waals surface area (Å²) in [5, 5.41) is 5.46. The Morgan fingerprint density at radius 1 is 1.54 bits per heavy atom. The molecule has 4 heteroatoms. The van der Waals surface area contributed by atoms with Gasteiger partial charge in [-0.05, 0) is 24.4 Å². The van der Waals surface area contributed by atoms with Crippen LogP contribution in [0.4, 0.5) is 0 Å². The van der Waals surface area contributed by atoms with Gasteiger partial charge in [0, 0.05) is 11.4 Å². The first-order chi connectivity index (χ1) is 6.35. The molecule has 1 aromatic heterocycles. The van der Waals surface area contributed by atoms with E-state index in [4.69, 9.17) is 9.59 Å². The van der Waals surface area contributed by atoms with Crippen LogP contribution < -0.4 is 5.32 Å². The van der Waals surface area contributed by atoms with Gasteiger partial charge >= 0.3 is 6.15 Å². The van der Waals surface area contributed by atoms with E-state index in [1.807, 2.05) is 11.3 Å². The van der Waals surface area contributed by atoms with Crippen molar-refractivity contribution in [3.63, 3.8) is 0 Å². The van der Waals surface area contributed by atoms with Gasteiger partial charge in [0.2, 0.25) is 0 Å². The standard InChI is InChI=1S/C8H13NS.CO2/c1-2-5-9-7-8-4-3-6-10-8;2-1-3/h3-4,6,9H,2,5,7H2,1H3;. The highest BCUT2D eigenvalue weighted by molar-refractivity contribution is 7.09. The molecule has 0 aliphatic heterocycles. The van der Waals surface area contributed by atoms with Crippen molar-refractivity contribution in [2.45, 2.75) is 19.9 Å². The summed E-state index contributed by atoms with van der Waals surface area (Å²) in [6, 6.07) is 4.25. The van der Waals surface area contributed by atoms with Crippen molar-refractivity contribution in [2.24, 2.45) is 0 Å². The molecule has 1 rings (SSSR count). The van der Waals surface area contributed by atoms with Crippen molar-refractivity contribution >= 4 is 17.5 Å². The van der Waals surface area contributed by atoms with Crippen molar-refractivity contribution in [3.05, 3.63) is 22.4 Å². The summed E-state index contributed by atoms with van der Waals surface area (Å²) >= 11 is 1.81. The molecule has 72 valence electrons. The largest absolute Gasteiger partial charge is 0.373 e. The molecule has 0 amide bonds. The monoisotopic (exact) mass is 199 g/mol. The second-order valence-electron chi connectivity index (χ2n) is 2.34. The number of thiophene rings is 1. The zero-order chi connectivity index (χ0) is 9.94. The van der Waals surface area contributed by atoms with E-state index in [1.54, 1.807) is 0 Å². The maximum absolute atomic E-state index is 8.12. The topological polar surface area (TPSA) is 46.2 Å². The fourth-order valence-electron chi connectivity index (χ4n) is 0.802. The van der Waals surface area contributed by atoms with Crippen LogP contribution in [-0.2, 0) is 16.1 Å². The number of nitrogens with one attached hydrogen (secondary N) is 1. The van der Waals surface area contributed by atoms with Gasteiger partial charge in [0.05, 0.1) is 0 Å². The van der Waals surface area contributed by atoms with Gasteiger partial charge in [-0.3, -0.25) is 0 Å². The van der Waals surface area contributed by atoms with Gasteiger partial charge in [0.1, 0.15) is 0 Å². The fourth-order valence-corrected chi connectivity index (χ4v) is 1.48. The smallest absolute Gasteiger partial charge is 0.312 e. The molecule has 1 aromatic rings. The summed E-state index contributed by atoms with van der Waals surface area (Å²) in [7, 11) is 0. The van der Waals surface area contributed by atoms with Crippen LogP contribution in [0.2, 0.25) is 0 Å². The first kappa shape index (κ1) is 12.0. The second-order valence-corrected chi connectivity index (χ2v) is 3.37. The summed E-state index contributed by atoms with van der Waals surface area (Å²) in [5.74, 6) is 0. The maximum Gasteiger partial charge on any atom is 0.373 e. The van der Waals surface area contributed by atoms with E-state index in [9.17, 15) is 0 Å². The van der Waals surface area contributed by atoms with Crippen LogP contribution in [0.1, 0.15) is 18.2 Å². The normalized spacial score (nSPS) is 8.38.